The largest absolute Gasteiger partial charge is 0.381 e. The predicted octanol–water partition coefficient (Wildman–Crippen LogP) is 1.91. The van der Waals surface area contributed by atoms with Crippen LogP contribution >= 0.6 is 0 Å². The summed E-state index contributed by atoms with van der Waals surface area (Å²) in [5.74, 6) is 0. The Balaban J connectivity index is 1.70. The van der Waals surface area contributed by atoms with Crippen molar-refractivity contribution in [3.8, 4) is 0 Å². The van der Waals surface area contributed by atoms with Crippen LogP contribution in [0.25, 0.3) is 0 Å². The van der Waals surface area contributed by atoms with Gasteiger partial charge in [0, 0.05) is 18.6 Å². The Kier molecular flexibility index (Phi) is 3.81. The molecule has 2 saturated carbocycles. The highest BCUT2D eigenvalue weighted by molar-refractivity contribution is 5.02. The van der Waals surface area contributed by atoms with E-state index in [0.29, 0.717) is 17.6 Å². The Morgan fingerprint density at radius 2 is 2.06 bits per heavy atom. The van der Waals surface area contributed by atoms with Gasteiger partial charge in [-0.1, -0.05) is 20.3 Å². The molecule has 0 aromatic carbocycles. The maximum absolute atomic E-state index is 5.88. The number of nitrogens with one attached hydrogen (secondary N) is 1. The van der Waals surface area contributed by atoms with E-state index in [1.807, 2.05) is 7.11 Å². The van der Waals surface area contributed by atoms with Crippen molar-refractivity contribution in [3.05, 3.63) is 0 Å². The molecule has 2 rings (SSSR count). The fourth-order valence-electron chi connectivity index (χ4n) is 3.38. The van der Waals surface area contributed by atoms with Crippen molar-refractivity contribution in [1.82, 2.24) is 5.32 Å². The lowest BCUT2D eigenvalue weighted by Crippen LogP contribution is -2.61. The van der Waals surface area contributed by atoms with Crippen LogP contribution in [0.1, 0.15) is 46.0 Å². The zero-order chi connectivity index (χ0) is 12.5. The summed E-state index contributed by atoms with van der Waals surface area (Å²) < 4.78 is 5.47. The Morgan fingerprint density at radius 3 is 2.47 bits per heavy atom. The highest BCUT2D eigenvalue weighted by Crippen LogP contribution is 2.44. The van der Waals surface area contributed by atoms with Gasteiger partial charge in [0.2, 0.25) is 0 Å². The van der Waals surface area contributed by atoms with Crippen LogP contribution in [0, 0.1) is 10.8 Å². The van der Waals surface area contributed by atoms with Crippen LogP contribution in [0.3, 0.4) is 0 Å². The minimum absolute atomic E-state index is 0.282. The molecule has 0 heterocycles. The summed E-state index contributed by atoms with van der Waals surface area (Å²) in [6.07, 6.45) is 6.86. The second-order valence-electron chi connectivity index (χ2n) is 6.60. The molecule has 3 heteroatoms. The summed E-state index contributed by atoms with van der Waals surface area (Å²) in [6.45, 7) is 6.57. The molecule has 0 aromatic heterocycles. The van der Waals surface area contributed by atoms with Crippen molar-refractivity contribution < 1.29 is 4.74 Å². The van der Waals surface area contributed by atoms with E-state index < -0.39 is 0 Å². The van der Waals surface area contributed by atoms with E-state index in [1.54, 1.807) is 0 Å². The summed E-state index contributed by atoms with van der Waals surface area (Å²) >= 11 is 0. The van der Waals surface area contributed by atoms with Gasteiger partial charge in [0.1, 0.15) is 0 Å². The van der Waals surface area contributed by atoms with Gasteiger partial charge >= 0.3 is 0 Å². The zero-order valence-corrected chi connectivity index (χ0v) is 11.6. The van der Waals surface area contributed by atoms with Gasteiger partial charge in [-0.25, -0.2) is 0 Å². The Morgan fingerprint density at radius 1 is 1.35 bits per heavy atom. The van der Waals surface area contributed by atoms with Gasteiger partial charge < -0.3 is 15.8 Å². The average Bonchev–Trinajstić information content (AvgIpc) is 2.25. The fraction of sp³-hybridized carbons (Fsp3) is 1.00. The number of nitrogens with two attached hydrogens (primary N) is 1. The standard InChI is InChI=1S/C14H28N2O/c1-13(2)11(9-12(13)17-3)16-8-7-14(10-15)5-4-6-14/h11-12,16H,4-10,15H2,1-3H3. The Bertz CT molecular complexity index is 255. The summed E-state index contributed by atoms with van der Waals surface area (Å²) in [4.78, 5) is 0. The molecule has 3 N–H and O–H groups in total. The molecule has 0 aromatic rings. The molecule has 2 aliphatic carbocycles. The Hall–Kier alpha value is -0.120. The molecule has 2 aliphatic rings. The molecule has 0 radical (unpaired) electrons. The molecule has 3 nitrogen and oxygen atoms in total. The van der Waals surface area contributed by atoms with E-state index in [0.717, 1.165) is 19.5 Å². The Labute approximate surface area is 105 Å². The van der Waals surface area contributed by atoms with Crippen LogP contribution < -0.4 is 11.1 Å². The van der Waals surface area contributed by atoms with Crippen molar-refractivity contribution >= 4 is 0 Å². The van der Waals surface area contributed by atoms with E-state index in [9.17, 15) is 0 Å². The predicted molar refractivity (Wildman–Crippen MR) is 70.9 cm³/mol. The average molecular weight is 240 g/mol. The molecule has 2 fully saturated rings. The van der Waals surface area contributed by atoms with Gasteiger partial charge in [0.25, 0.3) is 0 Å². The number of ether oxygens (including phenoxy) is 1. The molecule has 0 spiro atoms. The first-order valence-electron chi connectivity index (χ1n) is 7.00. The summed E-state index contributed by atoms with van der Waals surface area (Å²) in [7, 11) is 1.82. The van der Waals surface area contributed by atoms with Gasteiger partial charge in [-0.05, 0) is 44.2 Å². The van der Waals surface area contributed by atoms with E-state index in [-0.39, 0.29) is 5.41 Å². The second kappa shape index (κ2) is 4.87. The van der Waals surface area contributed by atoms with Gasteiger partial charge in [-0.2, -0.15) is 0 Å². The van der Waals surface area contributed by atoms with Crippen molar-refractivity contribution in [1.29, 1.82) is 0 Å². The third kappa shape index (κ3) is 2.38. The molecule has 0 amide bonds. The second-order valence-corrected chi connectivity index (χ2v) is 6.60. The number of rotatable bonds is 6. The first kappa shape index (κ1) is 13.3. The van der Waals surface area contributed by atoms with Crippen LogP contribution in [-0.2, 0) is 4.74 Å². The monoisotopic (exact) mass is 240 g/mol. The van der Waals surface area contributed by atoms with Crippen molar-refractivity contribution in [3.63, 3.8) is 0 Å². The number of hydrogen-bond acceptors (Lipinski definition) is 3. The van der Waals surface area contributed by atoms with E-state index >= 15 is 0 Å². The van der Waals surface area contributed by atoms with Crippen molar-refractivity contribution in [2.24, 2.45) is 16.6 Å². The highest BCUT2D eigenvalue weighted by Gasteiger charge is 2.48. The molecule has 17 heavy (non-hydrogen) atoms. The topological polar surface area (TPSA) is 47.3 Å². The maximum Gasteiger partial charge on any atom is 0.0652 e. The molecule has 0 aliphatic heterocycles. The van der Waals surface area contributed by atoms with Crippen molar-refractivity contribution in [2.75, 3.05) is 20.2 Å². The molecular formula is C14H28N2O. The third-order valence-corrected chi connectivity index (χ3v) is 5.36. The third-order valence-electron chi connectivity index (χ3n) is 5.36. The molecule has 2 unspecified atom stereocenters. The maximum atomic E-state index is 5.88. The first-order chi connectivity index (χ1) is 8.04. The first-order valence-corrected chi connectivity index (χ1v) is 7.00. The molecule has 2 atom stereocenters. The minimum atomic E-state index is 0.282. The fourth-order valence-corrected chi connectivity index (χ4v) is 3.38. The van der Waals surface area contributed by atoms with Crippen LogP contribution in [0.15, 0.2) is 0 Å². The summed E-state index contributed by atoms with van der Waals surface area (Å²) in [6, 6.07) is 0.613. The van der Waals surface area contributed by atoms with Crippen LogP contribution in [-0.4, -0.2) is 32.3 Å². The lowest BCUT2D eigenvalue weighted by atomic mass is 9.64. The number of hydrogen-bond donors (Lipinski definition) is 2. The van der Waals surface area contributed by atoms with Crippen LogP contribution in [0.2, 0.25) is 0 Å². The molecular weight excluding hydrogens is 212 g/mol. The smallest absolute Gasteiger partial charge is 0.0652 e. The lowest BCUT2D eigenvalue weighted by molar-refractivity contribution is -0.0981. The summed E-state index contributed by atoms with van der Waals surface area (Å²) in [5.41, 5.74) is 6.64. The molecule has 100 valence electrons. The molecule has 0 saturated heterocycles. The van der Waals surface area contributed by atoms with Crippen molar-refractivity contribution in [2.45, 2.75) is 58.1 Å². The van der Waals surface area contributed by atoms with Gasteiger partial charge in [0.15, 0.2) is 0 Å². The minimum Gasteiger partial charge on any atom is -0.381 e. The van der Waals surface area contributed by atoms with E-state index in [1.165, 1.54) is 25.7 Å². The van der Waals surface area contributed by atoms with E-state index in [2.05, 4.69) is 19.2 Å². The van der Waals surface area contributed by atoms with Gasteiger partial charge in [0.05, 0.1) is 6.10 Å². The lowest BCUT2D eigenvalue weighted by Gasteiger charge is -2.52. The van der Waals surface area contributed by atoms with Gasteiger partial charge in [-0.3, -0.25) is 0 Å². The zero-order valence-electron chi connectivity index (χ0n) is 11.6. The summed E-state index contributed by atoms with van der Waals surface area (Å²) in [5, 5.41) is 3.70. The molecule has 0 bridgehead atoms. The van der Waals surface area contributed by atoms with Gasteiger partial charge in [-0.15, -0.1) is 0 Å². The highest BCUT2D eigenvalue weighted by atomic mass is 16.5. The van der Waals surface area contributed by atoms with Crippen LogP contribution in [0.4, 0.5) is 0 Å². The van der Waals surface area contributed by atoms with E-state index in [4.69, 9.17) is 10.5 Å². The van der Waals surface area contributed by atoms with Crippen LogP contribution in [0.5, 0.6) is 0 Å². The quantitative estimate of drug-likeness (QED) is 0.745. The normalized spacial score (nSPS) is 33.9. The SMILES string of the molecule is COC1CC(NCCC2(CN)CCC2)C1(C)C. The number of methoxy groups -OCH3 is 1.